The maximum atomic E-state index is 13.0. The van der Waals surface area contributed by atoms with Crippen molar-refractivity contribution >= 4 is 16.9 Å². The van der Waals surface area contributed by atoms with Gasteiger partial charge < -0.3 is 15.4 Å². The Hall–Kier alpha value is -3.85. The summed E-state index contributed by atoms with van der Waals surface area (Å²) in [7, 11) is 0. The number of nitrogens with two attached hydrogens (primary N) is 1. The number of carbonyl (C=O) groups is 1. The summed E-state index contributed by atoms with van der Waals surface area (Å²) in [5.74, 6) is -0.474. The highest BCUT2D eigenvalue weighted by Crippen LogP contribution is 2.32. The Kier molecular flexibility index (Phi) is 6.64. The fourth-order valence-electron chi connectivity index (χ4n) is 5.06. The number of hydrogen-bond donors (Lipinski definition) is 2. The van der Waals surface area contributed by atoms with Crippen molar-refractivity contribution in [3.05, 3.63) is 94.8 Å². The van der Waals surface area contributed by atoms with Crippen molar-refractivity contribution in [2.75, 3.05) is 13.1 Å². The fraction of sp³-hybridized carbons (Fsp3) is 0.286. The lowest BCUT2D eigenvalue weighted by molar-refractivity contribution is -0.137. The summed E-state index contributed by atoms with van der Waals surface area (Å²) < 4.78 is 41.0. The van der Waals surface area contributed by atoms with E-state index in [0.29, 0.717) is 24.6 Å². The second kappa shape index (κ2) is 9.89. The monoisotopic (exact) mass is 508 g/mol. The average molecular weight is 509 g/mol. The minimum atomic E-state index is -4.33. The molecular formula is C28H27F3N4O2. The summed E-state index contributed by atoms with van der Waals surface area (Å²) in [5.41, 5.74) is 8.22. The molecule has 1 aliphatic rings. The lowest BCUT2D eigenvalue weighted by atomic mass is 9.90. The summed E-state index contributed by atoms with van der Waals surface area (Å²) in [6.45, 7) is 2.61. The van der Waals surface area contributed by atoms with Gasteiger partial charge in [-0.1, -0.05) is 24.3 Å². The highest BCUT2D eigenvalue weighted by Gasteiger charge is 2.30. The quantitative estimate of drug-likeness (QED) is 0.371. The Morgan fingerprint density at radius 3 is 2.49 bits per heavy atom. The lowest BCUT2D eigenvalue weighted by Gasteiger charge is -2.32. The van der Waals surface area contributed by atoms with Crippen LogP contribution in [-0.2, 0) is 19.3 Å². The number of rotatable bonds is 6. The minimum Gasteiger partial charge on any atom is -0.507 e. The van der Waals surface area contributed by atoms with Crippen LogP contribution < -0.4 is 5.73 Å². The number of likely N-dealkylation sites (tertiary alicyclic amines) is 1. The van der Waals surface area contributed by atoms with Gasteiger partial charge >= 0.3 is 6.18 Å². The Balaban J connectivity index is 1.23. The summed E-state index contributed by atoms with van der Waals surface area (Å²) in [4.78, 5) is 18.2. The van der Waals surface area contributed by atoms with Gasteiger partial charge in [0, 0.05) is 30.9 Å². The van der Waals surface area contributed by atoms with Crippen LogP contribution in [-0.4, -0.2) is 38.6 Å². The van der Waals surface area contributed by atoms with E-state index < -0.39 is 17.6 Å². The predicted molar refractivity (Wildman–Crippen MR) is 134 cm³/mol. The standard InChI is InChI=1S/C28H27F3N4O2/c29-28(30,31)23-3-1-2-18(12-23)16-34-9-6-20(7-10-34)22-14-21-8-11-35(27(21)33-15-22)17-19-4-5-24(26(32)37)25(36)13-19/h1-5,8,11-15,20,36H,6-7,9-10,16-17H2,(H2,32,37). The predicted octanol–water partition coefficient (Wildman–Crippen LogP) is 5.29. The number of benzene rings is 2. The number of amides is 1. The minimum absolute atomic E-state index is 0.0877. The number of fused-ring (bicyclic) bond motifs is 1. The molecule has 6 nitrogen and oxygen atoms in total. The van der Waals surface area contributed by atoms with Crippen LogP contribution >= 0.6 is 0 Å². The van der Waals surface area contributed by atoms with Crippen molar-refractivity contribution in [3.8, 4) is 5.75 Å². The van der Waals surface area contributed by atoms with Crippen molar-refractivity contribution in [2.24, 2.45) is 5.73 Å². The van der Waals surface area contributed by atoms with Gasteiger partial charge in [0.05, 0.1) is 11.1 Å². The summed E-state index contributed by atoms with van der Waals surface area (Å²) >= 11 is 0. The summed E-state index contributed by atoms with van der Waals surface area (Å²) in [5, 5.41) is 11.1. The van der Waals surface area contributed by atoms with Gasteiger partial charge in [0.15, 0.2) is 0 Å². The number of aromatic nitrogens is 2. The highest BCUT2D eigenvalue weighted by atomic mass is 19.4. The number of piperidine rings is 1. The Labute approximate surface area is 212 Å². The van der Waals surface area contributed by atoms with Crippen molar-refractivity contribution in [1.82, 2.24) is 14.5 Å². The molecule has 3 N–H and O–H groups in total. The third kappa shape index (κ3) is 5.46. The first-order valence-electron chi connectivity index (χ1n) is 12.1. The molecule has 2 aromatic carbocycles. The molecule has 0 saturated carbocycles. The number of pyridine rings is 1. The Morgan fingerprint density at radius 1 is 1.03 bits per heavy atom. The molecule has 1 amide bonds. The van der Waals surface area contributed by atoms with Gasteiger partial charge in [-0.2, -0.15) is 13.2 Å². The number of primary amides is 1. The van der Waals surface area contributed by atoms with Crippen LogP contribution in [0.25, 0.3) is 11.0 Å². The maximum absolute atomic E-state index is 13.0. The largest absolute Gasteiger partial charge is 0.507 e. The van der Waals surface area contributed by atoms with E-state index in [1.165, 1.54) is 24.3 Å². The molecule has 3 heterocycles. The topological polar surface area (TPSA) is 84.4 Å². The molecule has 0 radical (unpaired) electrons. The fourth-order valence-corrected chi connectivity index (χ4v) is 5.06. The molecule has 2 aromatic heterocycles. The van der Waals surface area contributed by atoms with E-state index in [-0.39, 0.29) is 11.3 Å². The van der Waals surface area contributed by atoms with Gasteiger partial charge in [-0.25, -0.2) is 4.98 Å². The number of phenols is 1. The molecule has 37 heavy (non-hydrogen) atoms. The van der Waals surface area contributed by atoms with E-state index in [1.807, 2.05) is 23.0 Å². The molecule has 0 unspecified atom stereocenters. The number of nitrogens with zero attached hydrogens (tertiary/aromatic N) is 3. The van der Waals surface area contributed by atoms with E-state index in [9.17, 15) is 23.1 Å². The smallest absolute Gasteiger partial charge is 0.416 e. The number of aromatic hydroxyl groups is 1. The third-order valence-corrected chi connectivity index (χ3v) is 7.02. The zero-order valence-corrected chi connectivity index (χ0v) is 20.1. The molecule has 0 bridgehead atoms. The lowest BCUT2D eigenvalue weighted by Crippen LogP contribution is -2.32. The zero-order valence-electron chi connectivity index (χ0n) is 20.1. The van der Waals surface area contributed by atoms with Crippen LogP contribution in [0.4, 0.5) is 13.2 Å². The van der Waals surface area contributed by atoms with E-state index >= 15 is 0 Å². The first kappa shape index (κ1) is 24.8. The second-order valence-electron chi connectivity index (χ2n) is 9.59. The first-order valence-corrected chi connectivity index (χ1v) is 12.1. The molecule has 192 valence electrons. The normalized spacial score (nSPS) is 15.3. The molecule has 4 aromatic rings. The molecule has 0 spiro atoms. The van der Waals surface area contributed by atoms with Crippen LogP contribution in [0.2, 0.25) is 0 Å². The van der Waals surface area contributed by atoms with Gasteiger partial charge in [-0.05, 0) is 78.9 Å². The summed E-state index contributed by atoms with van der Waals surface area (Å²) in [6, 6.07) is 14.5. The van der Waals surface area contributed by atoms with E-state index in [0.717, 1.165) is 54.2 Å². The molecule has 5 rings (SSSR count). The first-order chi connectivity index (χ1) is 17.7. The maximum Gasteiger partial charge on any atom is 0.416 e. The number of hydrogen-bond acceptors (Lipinski definition) is 4. The zero-order chi connectivity index (χ0) is 26.2. The van der Waals surface area contributed by atoms with Gasteiger partial charge in [0.1, 0.15) is 11.4 Å². The summed E-state index contributed by atoms with van der Waals surface area (Å²) in [6.07, 6.45) is 1.35. The molecule has 1 saturated heterocycles. The van der Waals surface area contributed by atoms with E-state index in [4.69, 9.17) is 10.7 Å². The SMILES string of the molecule is NC(=O)c1ccc(Cn2ccc3cc(C4CCN(Cc5cccc(C(F)(F)F)c5)CC4)cnc32)cc1O. The van der Waals surface area contributed by atoms with Gasteiger partial charge in [-0.15, -0.1) is 0 Å². The van der Waals surface area contributed by atoms with Crippen LogP contribution in [0.1, 0.15) is 51.4 Å². The van der Waals surface area contributed by atoms with Gasteiger partial charge in [0.2, 0.25) is 0 Å². The van der Waals surface area contributed by atoms with Crippen LogP contribution in [0, 0.1) is 0 Å². The van der Waals surface area contributed by atoms with Crippen LogP contribution in [0.15, 0.2) is 67.0 Å². The van der Waals surface area contributed by atoms with Crippen molar-refractivity contribution < 1.29 is 23.1 Å². The van der Waals surface area contributed by atoms with E-state index in [2.05, 4.69) is 11.0 Å². The Bertz CT molecular complexity index is 1440. The van der Waals surface area contributed by atoms with Crippen molar-refractivity contribution in [3.63, 3.8) is 0 Å². The Morgan fingerprint density at radius 2 is 1.78 bits per heavy atom. The molecule has 0 aliphatic carbocycles. The van der Waals surface area contributed by atoms with Gasteiger partial charge in [-0.3, -0.25) is 9.69 Å². The molecule has 1 aliphatic heterocycles. The second-order valence-corrected chi connectivity index (χ2v) is 9.59. The van der Waals surface area contributed by atoms with Crippen molar-refractivity contribution in [1.29, 1.82) is 0 Å². The average Bonchev–Trinajstić information content (AvgIpc) is 3.26. The van der Waals surface area contributed by atoms with Gasteiger partial charge in [0.25, 0.3) is 5.91 Å². The number of halogens is 3. The molecular weight excluding hydrogens is 481 g/mol. The highest BCUT2D eigenvalue weighted by molar-refractivity contribution is 5.95. The van der Waals surface area contributed by atoms with E-state index in [1.54, 1.807) is 12.1 Å². The van der Waals surface area contributed by atoms with Crippen LogP contribution in [0.3, 0.4) is 0 Å². The van der Waals surface area contributed by atoms with Crippen molar-refractivity contribution in [2.45, 2.75) is 38.0 Å². The van der Waals surface area contributed by atoms with Crippen LogP contribution in [0.5, 0.6) is 5.75 Å². The third-order valence-electron chi connectivity index (χ3n) is 7.02. The molecule has 0 atom stereocenters. The number of carbonyl (C=O) groups excluding carboxylic acids is 1. The number of alkyl halides is 3. The molecule has 9 heteroatoms. The molecule has 1 fully saturated rings.